The minimum absolute atomic E-state index is 0. The van der Waals surface area contributed by atoms with Gasteiger partial charge in [-0.05, 0) is 0 Å². The first-order chi connectivity index (χ1) is 6.77. The molecule has 0 aliphatic carbocycles. The van der Waals surface area contributed by atoms with Gasteiger partial charge in [-0.1, -0.05) is 0 Å². The predicted octanol–water partition coefficient (Wildman–Crippen LogP) is 0.443. The Hall–Kier alpha value is -0.835. The van der Waals surface area contributed by atoms with Crippen molar-refractivity contribution >= 4 is 20.8 Å². The summed E-state index contributed by atoms with van der Waals surface area (Å²) in [6.45, 7) is 0. The van der Waals surface area contributed by atoms with Gasteiger partial charge in [-0.25, -0.2) is 22.0 Å². The lowest BCUT2D eigenvalue weighted by atomic mass is 10.3. The Balaban J connectivity index is 0. The standard InChI is InChI=1S/C6HF5.BH3O3.H2S/c7-2-1-3(8)5(10)6(11)4(2)9;2-1(3)4;/h1H;2-4H;1H2. The van der Waals surface area contributed by atoms with E-state index in [0.717, 1.165) is 0 Å². The summed E-state index contributed by atoms with van der Waals surface area (Å²) in [6, 6.07) is -0.0618. The molecule has 3 nitrogen and oxygen atoms in total. The van der Waals surface area contributed by atoms with Gasteiger partial charge in [0.05, 0.1) is 0 Å². The molecule has 0 unspecified atom stereocenters. The molecule has 0 bridgehead atoms. The molecule has 0 aliphatic rings. The third-order valence-corrected chi connectivity index (χ3v) is 1.06. The van der Waals surface area contributed by atoms with Gasteiger partial charge in [-0.2, -0.15) is 13.5 Å². The summed E-state index contributed by atoms with van der Waals surface area (Å²) < 4.78 is 60.0. The van der Waals surface area contributed by atoms with E-state index in [0.29, 0.717) is 0 Å². The summed E-state index contributed by atoms with van der Waals surface area (Å²) in [6.07, 6.45) is 0. The second-order valence-electron chi connectivity index (χ2n) is 2.13. The Morgan fingerprint density at radius 1 is 0.750 bits per heavy atom. The van der Waals surface area contributed by atoms with E-state index < -0.39 is 36.4 Å². The number of halogens is 5. The van der Waals surface area contributed by atoms with Gasteiger partial charge in [0.1, 0.15) is 0 Å². The number of rotatable bonds is 0. The fourth-order valence-corrected chi connectivity index (χ4v) is 0.544. The average Bonchev–Trinajstić information content (AvgIpc) is 2.11. The molecule has 0 heterocycles. The zero-order valence-electron chi connectivity index (χ0n) is 7.39. The SMILES string of the molecule is Fc1cc(F)c(F)c(F)c1F.OB(O)O.S. The topological polar surface area (TPSA) is 60.7 Å². The van der Waals surface area contributed by atoms with Crippen LogP contribution in [0.15, 0.2) is 6.07 Å². The van der Waals surface area contributed by atoms with Crippen molar-refractivity contribution in [3.8, 4) is 0 Å². The van der Waals surface area contributed by atoms with Crippen molar-refractivity contribution in [1.29, 1.82) is 0 Å². The first kappa shape index (κ1) is 17.6. The third-order valence-electron chi connectivity index (χ3n) is 1.06. The molecule has 92 valence electrons. The van der Waals surface area contributed by atoms with Gasteiger partial charge in [0.2, 0.25) is 5.82 Å². The molecule has 0 saturated heterocycles. The third kappa shape index (κ3) is 5.30. The van der Waals surface area contributed by atoms with E-state index >= 15 is 0 Å². The molecular weight excluding hydrogens is 258 g/mol. The van der Waals surface area contributed by atoms with Crippen LogP contribution < -0.4 is 0 Å². The van der Waals surface area contributed by atoms with Crippen LogP contribution in [-0.4, -0.2) is 22.4 Å². The molecule has 1 aromatic rings. The number of hydrogen-bond acceptors (Lipinski definition) is 3. The van der Waals surface area contributed by atoms with Crippen LogP contribution in [-0.2, 0) is 0 Å². The van der Waals surface area contributed by atoms with E-state index in [1.807, 2.05) is 0 Å². The van der Waals surface area contributed by atoms with Crippen LogP contribution >= 0.6 is 13.5 Å². The van der Waals surface area contributed by atoms with E-state index in [4.69, 9.17) is 15.1 Å². The Labute approximate surface area is 93.8 Å². The van der Waals surface area contributed by atoms with E-state index in [2.05, 4.69) is 0 Å². The van der Waals surface area contributed by atoms with Gasteiger partial charge in [0.25, 0.3) is 0 Å². The predicted molar refractivity (Wildman–Crippen MR) is 49.0 cm³/mol. The quantitative estimate of drug-likeness (QED) is 0.276. The molecule has 0 aliphatic heterocycles. The molecule has 0 spiro atoms. The average molecular weight is 264 g/mol. The van der Waals surface area contributed by atoms with Crippen molar-refractivity contribution in [2.24, 2.45) is 0 Å². The highest BCUT2D eigenvalue weighted by molar-refractivity contribution is 7.59. The molecule has 1 rings (SSSR count). The second-order valence-corrected chi connectivity index (χ2v) is 2.13. The molecule has 0 amide bonds. The molecule has 0 atom stereocenters. The lowest BCUT2D eigenvalue weighted by Gasteiger charge is -1.96. The molecule has 0 fully saturated rings. The maximum absolute atomic E-state index is 12.0. The van der Waals surface area contributed by atoms with Crippen LogP contribution in [0, 0.1) is 29.1 Å². The Bertz CT molecular complexity index is 322. The minimum atomic E-state index is -2.17. The molecule has 3 N–H and O–H groups in total. The first-order valence-electron chi connectivity index (χ1n) is 3.30. The van der Waals surface area contributed by atoms with Gasteiger partial charge in [-0.3, -0.25) is 0 Å². The van der Waals surface area contributed by atoms with E-state index in [1.54, 1.807) is 0 Å². The summed E-state index contributed by atoms with van der Waals surface area (Å²) in [4.78, 5) is 0. The summed E-state index contributed by atoms with van der Waals surface area (Å²) >= 11 is 0. The first-order valence-corrected chi connectivity index (χ1v) is 3.30. The molecular formula is C6H6BF5O3S. The van der Waals surface area contributed by atoms with Crippen molar-refractivity contribution in [3.63, 3.8) is 0 Å². The highest BCUT2D eigenvalue weighted by Crippen LogP contribution is 2.16. The maximum atomic E-state index is 12.0. The lowest BCUT2D eigenvalue weighted by Crippen LogP contribution is -2.07. The van der Waals surface area contributed by atoms with Crippen LogP contribution in [0.25, 0.3) is 0 Å². The van der Waals surface area contributed by atoms with Crippen LogP contribution in [0.4, 0.5) is 22.0 Å². The minimum Gasteiger partial charge on any atom is -0.402 e. The van der Waals surface area contributed by atoms with Gasteiger partial charge in [0.15, 0.2) is 23.3 Å². The van der Waals surface area contributed by atoms with Crippen molar-refractivity contribution in [2.75, 3.05) is 0 Å². The van der Waals surface area contributed by atoms with Crippen molar-refractivity contribution in [2.45, 2.75) is 0 Å². The largest absolute Gasteiger partial charge is 0.631 e. The molecule has 0 radical (unpaired) electrons. The molecule has 16 heavy (non-hydrogen) atoms. The molecule has 0 saturated carbocycles. The fraction of sp³-hybridized carbons (Fsp3) is 0. The molecule has 1 aromatic carbocycles. The van der Waals surface area contributed by atoms with E-state index in [1.165, 1.54) is 0 Å². The second kappa shape index (κ2) is 7.44. The van der Waals surface area contributed by atoms with Gasteiger partial charge in [-0.15, -0.1) is 0 Å². The fourth-order valence-electron chi connectivity index (χ4n) is 0.544. The maximum Gasteiger partial charge on any atom is 0.631 e. The number of hydrogen-bond donors (Lipinski definition) is 3. The van der Waals surface area contributed by atoms with Crippen molar-refractivity contribution in [1.82, 2.24) is 0 Å². The van der Waals surface area contributed by atoms with Crippen LogP contribution in [0.3, 0.4) is 0 Å². The zero-order valence-corrected chi connectivity index (χ0v) is 8.39. The summed E-state index contributed by atoms with van der Waals surface area (Å²) in [5.41, 5.74) is 0. The van der Waals surface area contributed by atoms with Crippen molar-refractivity contribution in [3.05, 3.63) is 35.2 Å². The van der Waals surface area contributed by atoms with E-state index in [9.17, 15) is 22.0 Å². The smallest absolute Gasteiger partial charge is 0.402 e. The summed E-state index contributed by atoms with van der Waals surface area (Å²) in [7, 11) is -2.17. The van der Waals surface area contributed by atoms with E-state index in [-0.39, 0.29) is 19.6 Å². The zero-order chi connectivity index (χ0) is 12.2. The van der Waals surface area contributed by atoms with Crippen molar-refractivity contribution < 1.29 is 37.0 Å². The Morgan fingerprint density at radius 2 is 1.00 bits per heavy atom. The Morgan fingerprint density at radius 3 is 1.25 bits per heavy atom. The van der Waals surface area contributed by atoms with Gasteiger partial charge in [0, 0.05) is 6.07 Å². The Kier molecular flexibility index (Phi) is 8.16. The van der Waals surface area contributed by atoms with Gasteiger partial charge < -0.3 is 15.1 Å². The molecule has 0 aromatic heterocycles. The highest BCUT2D eigenvalue weighted by Gasteiger charge is 2.18. The van der Waals surface area contributed by atoms with Gasteiger partial charge >= 0.3 is 7.32 Å². The molecule has 10 heteroatoms. The summed E-state index contributed by atoms with van der Waals surface area (Å²) in [5.74, 6) is -9.65. The normalized spacial score (nSPS) is 8.75. The lowest BCUT2D eigenvalue weighted by molar-refractivity contribution is 0.278. The highest BCUT2D eigenvalue weighted by atomic mass is 32.1. The van der Waals surface area contributed by atoms with Crippen LogP contribution in [0.2, 0.25) is 0 Å². The van der Waals surface area contributed by atoms with Crippen LogP contribution in [0.1, 0.15) is 0 Å². The van der Waals surface area contributed by atoms with Crippen LogP contribution in [0.5, 0.6) is 0 Å². The monoisotopic (exact) mass is 264 g/mol. The number of benzene rings is 1. The summed E-state index contributed by atoms with van der Waals surface area (Å²) in [5, 5.41) is 21.5.